The normalized spacial score (nSPS) is 15.2. The van der Waals surface area contributed by atoms with E-state index in [0.717, 1.165) is 0 Å². The Bertz CT molecular complexity index is 701. The van der Waals surface area contributed by atoms with Crippen LogP contribution in [-0.2, 0) is 0 Å². The molecule has 3 rings (SSSR count). The molecule has 1 aromatic carbocycles. The third-order valence-corrected chi connectivity index (χ3v) is 3.08. The predicted molar refractivity (Wildman–Crippen MR) is 74.8 cm³/mol. The van der Waals surface area contributed by atoms with Gasteiger partial charge in [0.1, 0.15) is 11.6 Å². The van der Waals surface area contributed by atoms with Crippen LogP contribution in [0.2, 0.25) is 0 Å². The lowest BCUT2D eigenvalue weighted by atomic mass is 10.0. The lowest BCUT2D eigenvalue weighted by molar-refractivity contribution is 0.0954. The van der Waals surface area contributed by atoms with Crippen molar-refractivity contribution in [2.45, 2.75) is 6.42 Å². The molecule has 0 saturated carbocycles. The van der Waals surface area contributed by atoms with Crippen LogP contribution in [0, 0.1) is 5.82 Å². The van der Waals surface area contributed by atoms with Gasteiger partial charge in [-0.2, -0.15) is 5.10 Å². The van der Waals surface area contributed by atoms with Gasteiger partial charge in [0, 0.05) is 29.9 Å². The van der Waals surface area contributed by atoms with E-state index in [4.69, 9.17) is 4.74 Å². The van der Waals surface area contributed by atoms with Gasteiger partial charge >= 0.3 is 0 Å². The largest absolute Gasteiger partial charge is 0.492 e. The Morgan fingerprint density at radius 3 is 2.90 bits per heavy atom. The van der Waals surface area contributed by atoms with E-state index in [-0.39, 0.29) is 11.7 Å². The number of carbonyl (C=O) groups excluding carboxylic acids is 1. The highest BCUT2D eigenvalue weighted by atomic mass is 19.1. The molecule has 1 aliphatic rings. The quantitative estimate of drug-likeness (QED) is 0.860. The summed E-state index contributed by atoms with van der Waals surface area (Å²) >= 11 is 0. The fourth-order valence-electron chi connectivity index (χ4n) is 2.05. The van der Waals surface area contributed by atoms with Crippen LogP contribution in [-0.4, -0.2) is 23.2 Å². The second kappa shape index (κ2) is 5.70. The first-order chi connectivity index (χ1) is 10.2. The van der Waals surface area contributed by atoms with Gasteiger partial charge in [-0.15, -0.1) is 0 Å². The van der Waals surface area contributed by atoms with Crippen LogP contribution in [0.25, 0.3) is 0 Å². The summed E-state index contributed by atoms with van der Waals surface area (Å²) in [6.45, 7) is 0.447. The lowest BCUT2D eigenvalue weighted by Gasteiger charge is -2.18. The fourth-order valence-corrected chi connectivity index (χ4v) is 2.05. The molecular weight excluding hydrogens is 273 g/mol. The molecule has 21 heavy (non-hydrogen) atoms. The van der Waals surface area contributed by atoms with Crippen LogP contribution in [0.1, 0.15) is 22.3 Å². The number of ether oxygens (including phenoxy) is 1. The van der Waals surface area contributed by atoms with Gasteiger partial charge in [-0.25, -0.2) is 9.82 Å². The number of rotatable bonds is 2. The van der Waals surface area contributed by atoms with Gasteiger partial charge in [0.05, 0.1) is 12.3 Å². The molecule has 1 aromatic heterocycles. The van der Waals surface area contributed by atoms with Crippen LogP contribution in [0.5, 0.6) is 5.75 Å². The molecule has 0 unspecified atom stereocenters. The van der Waals surface area contributed by atoms with Crippen molar-refractivity contribution in [3.63, 3.8) is 0 Å². The predicted octanol–water partition coefficient (Wildman–Crippen LogP) is 2.14. The first-order valence-electron chi connectivity index (χ1n) is 6.44. The minimum Gasteiger partial charge on any atom is -0.492 e. The number of amides is 1. The highest BCUT2D eigenvalue weighted by Gasteiger charge is 2.18. The monoisotopic (exact) mass is 285 g/mol. The SMILES string of the molecule is O=C(NN=C1CCOc2ccc(F)cc21)c1ccncc1. The zero-order valence-electron chi connectivity index (χ0n) is 11.0. The summed E-state index contributed by atoms with van der Waals surface area (Å²) in [4.78, 5) is 15.8. The summed E-state index contributed by atoms with van der Waals surface area (Å²) in [5.74, 6) is -0.138. The zero-order chi connectivity index (χ0) is 14.7. The first-order valence-corrected chi connectivity index (χ1v) is 6.44. The maximum Gasteiger partial charge on any atom is 0.271 e. The molecule has 5 nitrogen and oxygen atoms in total. The maximum atomic E-state index is 13.3. The molecule has 6 heteroatoms. The van der Waals surface area contributed by atoms with E-state index < -0.39 is 0 Å². The van der Waals surface area contributed by atoms with E-state index >= 15 is 0 Å². The first kappa shape index (κ1) is 13.2. The number of benzene rings is 1. The van der Waals surface area contributed by atoms with Crippen molar-refractivity contribution in [2.75, 3.05) is 6.61 Å². The average Bonchev–Trinajstić information content (AvgIpc) is 2.53. The Morgan fingerprint density at radius 2 is 2.10 bits per heavy atom. The van der Waals surface area contributed by atoms with Gasteiger partial charge in [-0.1, -0.05) is 0 Å². The van der Waals surface area contributed by atoms with Crippen molar-refractivity contribution in [1.29, 1.82) is 0 Å². The number of aromatic nitrogens is 1. The number of carbonyl (C=O) groups is 1. The molecule has 2 aromatic rings. The molecule has 106 valence electrons. The zero-order valence-corrected chi connectivity index (χ0v) is 11.0. The van der Waals surface area contributed by atoms with E-state index in [2.05, 4.69) is 15.5 Å². The van der Waals surface area contributed by atoms with Crippen molar-refractivity contribution in [2.24, 2.45) is 5.10 Å². The molecule has 0 atom stereocenters. The number of hydrogen-bond acceptors (Lipinski definition) is 4. The van der Waals surface area contributed by atoms with Gasteiger partial charge in [0.25, 0.3) is 5.91 Å². The fraction of sp³-hybridized carbons (Fsp3) is 0.133. The number of fused-ring (bicyclic) bond motifs is 1. The van der Waals surface area contributed by atoms with Crippen molar-refractivity contribution in [1.82, 2.24) is 10.4 Å². The highest BCUT2D eigenvalue weighted by Crippen LogP contribution is 2.25. The van der Waals surface area contributed by atoms with Crippen LogP contribution in [0.3, 0.4) is 0 Å². The third-order valence-electron chi connectivity index (χ3n) is 3.08. The van der Waals surface area contributed by atoms with Gasteiger partial charge in [-0.3, -0.25) is 9.78 Å². The Kier molecular flexibility index (Phi) is 3.59. The van der Waals surface area contributed by atoms with Crippen molar-refractivity contribution >= 4 is 11.6 Å². The summed E-state index contributed by atoms with van der Waals surface area (Å²) in [5.41, 5.74) is 4.09. The standard InChI is InChI=1S/C15H12FN3O2/c16-11-1-2-14-12(9-11)13(5-8-21-14)18-19-15(20)10-3-6-17-7-4-10/h1-4,6-7,9H,5,8H2,(H,19,20). The average molecular weight is 285 g/mol. The number of hydrazone groups is 1. The van der Waals surface area contributed by atoms with E-state index in [9.17, 15) is 9.18 Å². The molecule has 2 heterocycles. The summed E-state index contributed by atoms with van der Waals surface area (Å²) in [6.07, 6.45) is 3.56. The number of nitrogens with zero attached hydrogens (tertiary/aromatic N) is 2. The molecule has 0 fully saturated rings. The number of hydrogen-bond donors (Lipinski definition) is 1. The molecule has 1 N–H and O–H groups in total. The van der Waals surface area contributed by atoms with Crippen LogP contribution in [0.15, 0.2) is 47.8 Å². The molecule has 0 spiro atoms. The molecule has 0 radical (unpaired) electrons. The van der Waals surface area contributed by atoms with E-state index in [1.807, 2.05) is 0 Å². The van der Waals surface area contributed by atoms with Gasteiger partial charge in [0.15, 0.2) is 0 Å². The molecule has 0 aliphatic carbocycles. The highest BCUT2D eigenvalue weighted by molar-refractivity contribution is 6.04. The van der Waals surface area contributed by atoms with E-state index in [1.165, 1.54) is 24.5 Å². The molecule has 0 bridgehead atoms. The van der Waals surface area contributed by atoms with Gasteiger partial charge in [-0.05, 0) is 30.3 Å². The topological polar surface area (TPSA) is 63.6 Å². The lowest BCUT2D eigenvalue weighted by Crippen LogP contribution is -2.23. The maximum absolute atomic E-state index is 13.3. The number of nitrogens with one attached hydrogen (secondary N) is 1. The molecular formula is C15H12FN3O2. The summed E-state index contributed by atoms with van der Waals surface area (Å²) in [6, 6.07) is 7.42. The Hall–Kier alpha value is -2.76. The van der Waals surface area contributed by atoms with Crippen LogP contribution < -0.4 is 10.2 Å². The van der Waals surface area contributed by atoms with Crippen molar-refractivity contribution in [3.8, 4) is 5.75 Å². The van der Waals surface area contributed by atoms with Gasteiger partial charge in [0.2, 0.25) is 0 Å². The van der Waals surface area contributed by atoms with Gasteiger partial charge < -0.3 is 4.74 Å². The number of pyridine rings is 1. The summed E-state index contributed by atoms with van der Waals surface area (Å²) < 4.78 is 18.8. The van der Waals surface area contributed by atoms with Crippen molar-refractivity contribution in [3.05, 3.63) is 59.7 Å². The Balaban J connectivity index is 1.82. The van der Waals surface area contributed by atoms with E-state index in [0.29, 0.717) is 35.6 Å². The van der Waals surface area contributed by atoms with E-state index in [1.54, 1.807) is 18.2 Å². The molecule has 0 saturated heterocycles. The third kappa shape index (κ3) is 2.89. The second-order valence-corrected chi connectivity index (χ2v) is 4.47. The van der Waals surface area contributed by atoms with Crippen LogP contribution in [0.4, 0.5) is 4.39 Å². The smallest absolute Gasteiger partial charge is 0.271 e. The van der Waals surface area contributed by atoms with Crippen LogP contribution >= 0.6 is 0 Å². The summed E-state index contributed by atoms with van der Waals surface area (Å²) in [5, 5.41) is 4.09. The summed E-state index contributed by atoms with van der Waals surface area (Å²) in [7, 11) is 0. The molecule has 1 aliphatic heterocycles. The Labute approximate surface area is 120 Å². The number of halogens is 1. The molecule has 1 amide bonds. The minimum atomic E-state index is -0.368. The second-order valence-electron chi connectivity index (χ2n) is 4.47. The Morgan fingerprint density at radius 1 is 1.29 bits per heavy atom. The van der Waals surface area contributed by atoms with Crippen molar-refractivity contribution < 1.29 is 13.9 Å². The minimum absolute atomic E-state index is 0.339.